The second-order valence-electron chi connectivity index (χ2n) is 6.32. The minimum absolute atomic E-state index is 0.479. The Morgan fingerprint density at radius 2 is 1.33 bits per heavy atom. The summed E-state index contributed by atoms with van der Waals surface area (Å²) in [4.78, 5) is 0. The highest BCUT2D eigenvalue weighted by atomic mass is 15.1. The Morgan fingerprint density at radius 3 is 1.60 bits per heavy atom. The molecule has 1 heteroatoms. The van der Waals surface area contributed by atoms with Crippen LogP contribution in [0, 0.1) is 10.8 Å². The van der Waals surface area contributed by atoms with E-state index in [0.717, 1.165) is 6.04 Å². The Morgan fingerprint density at radius 1 is 0.933 bits per heavy atom. The van der Waals surface area contributed by atoms with E-state index in [1.807, 2.05) is 0 Å². The van der Waals surface area contributed by atoms with Crippen LogP contribution in [-0.2, 0) is 0 Å². The van der Waals surface area contributed by atoms with E-state index in [2.05, 4.69) is 46.9 Å². The summed E-state index contributed by atoms with van der Waals surface area (Å²) in [5, 5.41) is 3.87. The van der Waals surface area contributed by atoms with Gasteiger partial charge in [0.25, 0.3) is 0 Å². The quantitative estimate of drug-likeness (QED) is 0.701. The van der Waals surface area contributed by atoms with E-state index < -0.39 is 0 Å². The average Bonchev–Trinajstić information content (AvgIpc) is 2.49. The number of nitrogens with one attached hydrogen (secondary N) is 1. The van der Waals surface area contributed by atoms with Gasteiger partial charge in [-0.3, -0.25) is 0 Å². The molecule has 15 heavy (non-hydrogen) atoms. The molecular formula is C14H29N. The van der Waals surface area contributed by atoms with Gasteiger partial charge < -0.3 is 5.32 Å². The molecule has 0 unspecified atom stereocenters. The Bertz CT molecular complexity index is 185. The molecule has 0 bridgehead atoms. The molecule has 1 nitrogen and oxygen atoms in total. The van der Waals surface area contributed by atoms with E-state index in [1.165, 1.54) is 25.7 Å². The van der Waals surface area contributed by atoms with Crippen molar-refractivity contribution in [2.24, 2.45) is 10.8 Å². The number of hydrogen-bond acceptors (Lipinski definition) is 1. The van der Waals surface area contributed by atoms with E-state index >= 15 is 0 Å². The summed E-state index contributed by atoms with van der Waals surface area (Å²) < 4.78 is 0. The van der Waals surface area contributed by atoms with Gasteiger partial charge in [0.05, 0.1) is 0 Å². The molecule has 0 heterocycles. The summed E-state index contributed by atoms with van der Waals surface area (Å²) in [6.07, 6.45) is 5.25. The summed E-state index contributed by atoms with van der Waals surface area (Å²) in [6.45, 7) is 14.1. The molecule has 0 aromatic rings. The number of rotatable bonds is 6. The van der Waals surface area contributed by atoms with Gasteiger partial charge in [0.1, 0.15) is 0 Å². The largest absolute Gasteiger partial charge is 0.310 e. The third-order valence-corrected chi connectivity index (χ3v) is 4.70. The molecule has 0 atom stereocenters. The summed E-state index contributed by atoms with van der Waals surface area (Å²) >= 11 is 0. The second-order valence-corrected chi connectivity index (χ2v) is 6.32. The Balaban J connectivity index is 2.47. The van der Waals surface area contributed by atoms with Gasteiger partial charge in [-0.05, 0) is 23.7 Å². The molecule has 0 aliphatic heterocycles. The van der Waals surface area contributed by atoms with Gasteiger partial charge in [-0.25, -0.2) is 0 Å². The average molecular weight is 211 g/mol. The minimum atomic E-state index is 0.479. The highest BCUT2D eigenvalue weighted by Gasteiger charge is 2.64. The first-order chi connectivity index (χ1) is 6.87. The third-order valence-electron chi connectivity index (χ3n) is 4.70. The van der Waals surface area contributed by atoms with Crippen LogP contribution in [0.25, 0.3) is 0 Å². The van der Waals surface area contributed by atoms with Crippen LogP contribution in [0.4, 0.5) is 0 Å². The van der Waals surface area contributed by atoms with Crippen molar-refractivity contribution in [1.82, 2.24) is 5.32 Å². The molecule has 0 radical (unpaired) electrons. The lowest BCUT2D eigenvalue weighted by molar-refractivity contribution is 0.408. The summed E-state index contributed by atoms with van der Waals surface area (Å²) in [5.41, 5.74) is 0.958. The topological polar surface area (TPSA) is 12.0 Å². The maximum atomic E-state index is 3.87. The fourth-order valence-corrected chi connectivity index (χ4v) is 2.86. The molecule has 0 aromatic carbocycles. The zero-order valence-corrected chi connectivity index (χ0v) is 11.5. The summed E-state index contributed by atoms with van der Waals surface area (Å²) in [6, 6.07) is 1.46. The summed E-state index contributed by atoms with van der Waals surface area (Å²) in [7, 11) is 0. The Hall–Kier alpha value is -0.0400. The van der Waals surface area contributed by atoms with Crippen molar-refractivity contribution >= 4 is 0 Å². The van der Waals surface area contributed by atoms with Crippen molar-refractivity contribution in [2.75, 3.05) is 0 Å². The molecule has 0 spiro atoms. The molecule has 1 rings (SSSR count). The van der Waals surface area contributed by atoms with Crippen molar-refractivity contribution in [3.8, 4) is 0 Å². The van der Waals surface area contributed by atoms with E-state index in [4.69, 9.17) is 0 Å². The molecule has 1 saturated carbocycles. The predicted molar refractivity (Wildman–Crippen MR) is 68.1 cm³/mol. The van der Waals surface area contributed by atoms with Crippen LogP contribution in [0.5, 0.6) is 0 Å². The van der Waals surface area contributed by atoms with Crippen LogP contribution in [0.3, 0.4) is 0 Å². The highest BCUT2D eigenvalue weighted by Crippen LogP contribution is 2.62. The molecular weight excluding hydrogens is 182 g/mol. The molecule has 90 valence electrons. The normalized spacial score (nSPS) is 23.4. The fourth-order valence-electron chi connectivity index (χ4n) is 2.86. The lowest BCUT2D eigenvalue weighted by Crippen LogP contribution is -2.34. The predicted octanol–water partition coefficient (Wildman–Crippen LogP) is 3.98. The zero-order chi connectivity index (χ0) is 11.7. The molecule has 1 N–H and O–H groups in total. The van der Waals surface area contributed by atoms with Crippen LogP contribution in [0.1, 0.15) is 67.2 Å². The van der Waals surface area contributed by atoms with Crippen LogP contribution in [0.2, 0.25) is 0 Å². The van der Waals surface area contributed by atoms with Gasteiger partial charge in [0, 0.05) is 12.1 Å². The molecule has 1 aliphatic rings. The van der Waals surface area contributed by atoms with Crippen molar-refractivity contribution in [2.45, 2.75) is 79.3 Å². The molecule has 0 amide bonds. The maximum absolute atomic E-state index is 3.87. The van der Waals surface area contributed by atoms with Crippen LogP contribution in [0.15, 0.2) is 0 Å². The maximum Gasteiger partial charge on any atom is 0.0183 e. The third kappa shape index (κ3) is 2.38. The highest BCUT2D eigenvalue weighted by molar-refractivity contribution is 5.18. The fraction of sp³-hybridized carbons (Fsp3) is 1.00. The first kappa shape index (κ1) is 13.0. The van der Waals surface area contributed by atoms with E-state index in [1.54, 1.807) is 0 Å². The van der Waals surface area contributed by atoms with Crippen molar-refractivity contribution in [3.05, 3.63) is 0 Å². The van der Waals surface area contributed by atoms with Gasteiger partial charge in [-0.1, -0.05) is 54.4 Å². The van der Waals surface area contributed by atoms with Crippen molar-refractivity contribution in [3.63, 3.8) is 0 Å². The molecule has 1 aliphatic carbocycles. The Labute approximate surface area is 96.0 Å². The van der Waals surface area contributed by atoms with Gasteiger partial charge in [0.2, 0.25) is 0 Å². The van der Waals surface area contributed by atoms with E-state index in [9.17, 15) is 0 Å². The smallest absolute Gasteiger partial charge is 0.0183 e. The zero-order valence-electron chi connectivity index (χ0n) is 11.5. The monoisotopic (exact) mass is 211 g/mol. The van der Waals surface area contributed by atoms with Crippen LogP contribution in [-0.4, -0.2) is 12.1 Å². The Kier molecular flexibility index (Phi) is 3.86. The van der Waals surface area contributed by atoms with Gasteiger partial charge >= 0.3 is 0 Å². The first-order valence-electron chi connectivity index (χ1n) is 6.64. The lowest BCUT2D eigenvalue weighted by Gasteiger charge is -2.19. The first-order valence-corrected chi connectivity index (χ1v) is 6.64. The summed E-state index contributed by atoms with van der Waals surface area (Å²) in [5.74, 6) is 0. The van der Waals surface area contributed by atoms with Gasteiger partial charge in [-0.15, -0.1) is 0 Å². The number of hydrogen-bond donors (Lipinski definition) is 1. The molecule has 0 saturated heterocycles. The van der Waals surface area contributed by atoms with E-state index in [0.29, 0.717) is 16.9 Å². The van der Waals surface area contributed by atoms with Gasteiger partial charge in [0.15, 0.2) is 0 Å². The van der Waals surface area contributed by atoms with Crippen molar-refractivity contribution in [1.29, 1.82) is 0 Å². The standard InChI is InChI=1S/C14H29N/c1-7-9-11(10-8-2)15-12-13(3,4)14(12,5)6/h11-12,15H,7-10H2,1-6H3. The lowest BCUT2D eigenvalue weighted by atomic mass is 10.0. The van der Waals surface area contributed by atoms with Crippen molar-refractivity contribution < 1.29 is 0 Å². The van der Waals surface area contributed by atoms with Crippen LogP contribution >= 0.6 is 0 Å². The van der Waals surface area contributed by atoms with Crippen LogP contribution < -0.4 is 5.32 Å². The van der Waals surface area contributed by atoms with E-state index in [-0.39, 0.29) is 0 Å². The second kappa shape index (κ2) is 4.45. The minimum Gasteiger partial charge on any atom is -0.310 e. The molecule has 0 aromatic heterocycles. The molecule has 1 fully saturated rings. The van der Waals surface area contributed by atoms with Gasteiger partial charge in [-0.2, -0.15) is 0 Å². The SMILES string of the molecule is CCCC(CCC)NC1C(C)(C)C1(C)C.